The molecule has 4 rings (SSSR count). The van der Waals surface area contributed by atoms with Gasteiger partial charge in [0.2, 0.25) is 5.88 Å². The van der Waals surface area contributed by atoms with Crippen LogP contribution in [0.5, 0.6) is 11.5 Å². The van der Waals surface area contributed by atoms with Gasteiger partial charge in [0.25, 0.3) is 0 Å². The van der Waals surface area contributed by atoms with Crippen LogP contribution in [0.2, 0.25) is 0 Å². The maximum atomic E-state index is 9.77. The van der Waals surface area contributed by atoms with Gasteiger partial charge in [0.1, 0.15) is 31.9 Å². The van der Waals surface area contributed by atoms with Gasteiger partial charge in [-0.1, -0.05) is 6.07 Å². The summed E-state index contributed by atoms with van der Waals surface area (Å²) < 4.78 is 22.7. The van der Waals surface area contributed by atoms with Crippen molar-refractivity contribution in [1.82, 2.24) is 4.98 Å². The van der Waals surface area contributed by atoms with Crippen molar-refractivity contribution in [2.75, 3.05) is 51.9 Å². The molecule has 0 saturated carbocycles. The number of nitrogens with zero attached hydrogens (tertiary/aromatic N) is 2. The van der Waals surface area contributed by atoms with Crippen LogP contribution >= 0.6 is 0 Å². The molecule has 30 heavy (non-hydrogen) atoms. The van der Waals surface area contributed by atoms with Crippen molar-refractivity contribution < 1.29 is 23.5 Å². The van der Waals surface area contributed by atoms with E-state index in [1.54, 1.807) is 14.0 Å². The summed E-state index contributed by atoms with van der Waals surface area (Å²) in [4.78, 5) is 6.01. The molecule has 2 aliphatic heterocycles. The van der Waals surface area contributed by atoms with E-state index in [2.05, 4.69) is 16.4 Å². The van der Waals surface area contributed by atoms with Gasteiger partial charge in [-0.15, -0.1) is 0 Å². The molecule has 1 atom stereocenters. The summed E-state index contributed by atoms with van der Waals surface area (Å²) in [5.41, 5.74) is 2.99. The van der Waals surface area contributed by atoms with E-state index in [0.717, 1.165) is 44.1 Å². The molecule has 2 aliphatic rings. The van der Waals surface area contributed by atoms with Gasteiger partial charge in [0.05, 0.1) is 37.9 Å². The Hall–Kier alpha value is -3.02. The second-order valence-corrected chi connectivity index (χ2v) is 7.53. The molecule has 0 aliphatic carbocycles. The zero-order chi connectivity index (χ0) is 21.1. The molecular weight excluding hydrogens is 384 g/mol. The summed E-state index contributed by atoms with van der Waals surface area (Å²) in [6.07, 6.45) is 0. The SMILES string of the molecule is COc1cc([C@@H]2C(C#N)=C(C)Nc3oc(C)nc32)ccc1OCC[NH+]1CCOCC1. The number of rotatable bonds is 6. The van der Waals surface area contributed by atoms with Crippen molar-refractivity contribution in [2.45, 2.75) is 19.8 Å². The van der Waals surface area contributed by atoms with E-state index < -0.39 is 0 Å². The van der Waals surface area contributed by atoms with Crippen LogP contribution in [0, 0.1) is 18.3 Å². The first kappa shape index (κ1) is 20.3. The molecule has 0 radical (unpaired) electrons. The Balaban J connectivity index is 1.56. The predicted molar refractivity (Wildman–Crippen MR) is 110 cm³/mol. The summed E-state index contributed by atoms with van der Waals surface area (Å²) in [5.74, 6) is 2.16. The van der Waals surface area contributed by atoms with Crippen LogP contribution < -0.4 is 19.7 Å². The minimum Gasteiger partial charge on any atom is -0.493 e. The number of anilines is 1. The third-order valence-electron chi connectivity index (χ3n) is 5.58. The number of aryl methyl sites for hydroxylation is 1. The second kappa shape index (κ2) is 8.78. The Morgan fingerprint density at radius 2 is 2.07 bits per heavy atom. The molecule has 3 heterocycles. The standard InChI is InChI=1S/C22H26N4O4/c1-14-17(13-23)20(21-22(24-14)30-15(2)25-21)16-4-5-18(19(12-16)27-3)29-11-8-26-6-9-28-10-7-26/h4-5,12,20,24H,6-11H2,1-3H3/p+1/t20-/m1/s1. The lowest BCUT2D eigenvalue weighted by Crippen LogP contribution is -3.14. The molecule has 1 aromatic carbocycles. The lowest BCUT2D eigenvalue weighted by Gasteiger charge is -2.24. The fraction of sp³-hybridized carbons (Fsp3) is 0.455. The number of hydrogen-bond donors (Lipinski definition) is 2. The lowest BCUT2D eigenvalue weighted by molar-refractivity contribution is -0.908. The highest BCUT2D eigenvalue weighted by Gasteiger charge is 2.33. The summed E-state index contributed by atoms with van der Waals surface area (Å²) >= 11 is 0. The second-order valence-electron chi connectivity index (χ2n) is 7.53. The number of ether oxygens (including phenoxy) is 3. The van der Waals surface area contributed by atoms with E-state index in [-0.39, 0.29) is 5.92 Å². The van der Waals surface area contributed by atoms with E-state index in [9.17, 15) is 5.26 Å². The largest absolute Gasteiger partial charge is 0.493 e. The van der Waals surface area contributed by atoms with E-state index in [0.29, 0.717) is 41.1 Å². The molecular formula is C22H27N4O4+. The number of nitriles is 1. The number of benzene rings is 1. The Bertz CT molecular complexity index is 986. The predicted octanol–water partition coefficient (Wildman–Crippen LogP) is 1.64. The number of fused-ring (bicyclic) bond motifs is 1. The van der Waals surface area contributed by atoms with Crippen LogP contribution in [-0.4, -0.2) is 51.5 Å². The molecule has 2 aromatic rings. The van der Waals surface area contributed by atoms with Crippen molar-refractivity contribution in [3.63, 3.8) is 0 Å². The summed E-state index contributed by atoms with van der Waals surface area (Å²) in [7, 11) is 1.62. The molecule has 1 aromatic heterocycles. The van der Waals surface area contributed by atoms with E-state index in [4.69, 9.17) is 18.6 Å². The Kier molecular flexibility index (Phi) is 5.93. The third kappa shape index (κ3) is 3.99. The van der Waals surface area contributed by atoms with E-state index >= 15 is 0 Å². The van der Waals surface area contributed by atoms with Gasteiger partial charge < -0.3 is 28.8 Å². The van der Waals surface area contributed by atoms with Crippen LogP contribution in [0.4, 0.5) is 5.88 Å². The van der Waals surface area contributed by atoms with Crippen molar-refractivity contribution >= 4 is 5.88 Å². The first-order valence-electron chi connectivity index (χ1n) is 10.2. The Morgan fingerprint density at radius 3 is 2.80 bits per heavy atom. The van der Waals surface area contributed by atoms with Crippen molar-refractivity contribution in [3.05, 3.63) is 46.6 Å². The number of allylic oxidation sites excluding steroid dienone is 2. The quantitative estimate of drug-likeness (QED) is 0.746. The van der Waals surface area contributed by atoms with Gasteiger partial charge in [0, 0.05) is 12.6 Å². The summed E-state index contributed by atoms with van der Waals surface area (Å²) in [6, 6.07) is 8.12. The maximum absolute atomic E-state index is 9.77. The Labute approximate surface area is 176 Å². The number of morpholine rings is 1. The van der Waals surface area contributed by atoms with Gasteiger partial charge in [-0.05, 0) is 24.6 Å². The minimum atomic E-state index is -0.315. The van der Waals surface area contributed by atoms with Crippen molar-refractivity contribution in [2.24, 2.45) is 0 Å². The fourth-order valence-corrected chi connectivity index (χ4v) is 3.99. The zero-order valence-electron chi connectivity index (χ0n) is 17.6. The smallest absolute Gasteiger partial charge is 0.222 e. The Morgan fingerprint density at radius 1 is 1.27 bits per heavy atom. The number of oxazole rings is 1. The molecule has 1 fully saturated rings. The first-order chi connectivity index (χ1) is 14.6. The van der Waals surface area contributed by atoms with E-state index in [1.807, 2.05) is 25.1 Å². The van der Waals surface area contributed by atoms with Crippen LogP contribution in [0.1, 0.15) is 30.0 Å². The van der Waals surface area contributed by atoms with Gasteiger partial charge >= 0.3 is 0 Å². The number of hydrogen-bond acceptors (Lipinski definition) is 7. The van der Waals surface area contributed by atoms with Gasteiger partial charge in [-0.2, -0.15) is 5.26 Å². The van der Waals surface area contributed by atoms with E-state index in [1.165, 1.54) is 4.90 Å². The zero-order valence-corrected chi connectivity index (χ0v) is 17.6. The van der Waals surface area contributed by atoms with Crippen LogP contribution in [0.25, 0.3) is 0 Å². The molecule has 2 N–H and O–H groups in total. The highest BCUT2D eigenvalue weighted by atomic mass is 16.5. The number of nitrogens with one attached hydrogen (secondary N) is 2. The number of methoxy groups -OCH3 is 1. The highest BCUT2D eigenvalue weighted by Crippen LogP contribution is 2.43. The molecule has 8 nitrogen and oxygen atoms in total. The highest BCUT2D eigenvalue weighted by molar-refractivity contribution is 5.62. The molecule has 0 unspecified atom stereocenters. The minimum absolute atomic E-state index is 0.315. The molecule has 158 valence electrons. The lowest BCUT2D eigenvalue weighted by atomic mass is 9.85. The summed E-state index contributed by atoms with van der Waals surface area (Å²) in [5, 5.41) is 12.9. The maximum Gasteiger partial charge on any atom is 0.222 e. The first-order valence-corrected chi connectivity index (χ1v) is 10.2. The van der Waals surface area contributed by atoms with Crippen LogP contribution in [-0.2, 0) is 4.74 Å². The van der Waals surface area contributed by atoms with Crippen molar-refractivity contribution in [1.29, 1.82) is 5.26 Å². The molecule has 0 amide bonds. The number of aromatic nitrogens is 1. The van der Waals surface area contributed by atoms with Crippen LogP contribution in [0.3, 0.4) is 0 Å². The van der Waals surface area contributed by atoms with Crippen LogP contribution in [0.15, 0.2) is 33.9 Å². The normalized spacial score (nSPS) is 19.1. The fourth-order valence-electron chi connectivity index (χ4n) is 3.99. The molecule has 8 heteroatoms. The van der Waals surface area contributed by atoms with Crippen molar-refractivity contribution in [3.8, 4) is 17.6 Å². The molecule has 0 bridgehead atoms. The molecule has 1 saturated heterocycles. The summed E-state index contributed by atoms with van der Waals surface area (Å²) in [6.45, 7) is 8.83. The topological polar surface area (TPSA) is 94.0 Å². The average molecular weight is 411 g/mol. The average Bonchev–Trinajstić information content (AvgIpc) is 3.13. The van der Waals surface area contributed by atoms with Gasteiger partial charge in [0.15, 0.2) is 17.4 Å². The van der Waals surface area contributed by atoms with Gasteiger partial charge in [-0.25, -0.2) is 4.98 Å². The third-order valence-corrected chi connectivity index (χ3v) is 5.58. The molecule has 0 spiro atoms. The monoisotopic (exact) mass is 411 g/mol. The number of quaternary nitrogens is 1. The van der Waals surface area contributed by atoms with Gasteiger partial charge in [-0.3, -0.25) is 0 Å².